The van der Waals surface area contributed by atoms with Gasteiger partial charge < -0.3 is 18.9 Å². The summed E-state index contributed by atoms with van der Waals surface area (Å²) in [6.07, 6.45) is 0.859. The molecule has 1 heterocycles. The molecule has 7 nitrogen and oxygen atoms in total. The van der Waals surface area contributed by atoms with Gasteiger partial charge in [0, 0.05) is 48.6 Å². The van der Waals surface area contributed by atoms with Crippen LogP contribution < -0.4 is 14.4 Å². The first-order valence-corrected chi connectivity index (χ1v) is 13.0. The minimum Gasteiger partial charge on any atom is -0.497 e. The van der Waals surface area contributed by atoms with E-state index in [1.165, 1.54) is 0 Å². The first-order valence-electron chi connectivity index (χ1n) is 11.7. The lowest BCUT2D eigenvalue weighted by Crippen LogP contribution is -2.35. The van der Waals surface area contributed by atoms with Gasteiger partial charge in [-0.2, -0.15) is 0 Å². The first-order chi connectivity index (χ1) is 16.8. The van der Waals surface area contributed by atoms with E-state index in [2.05, 4.69) is 18.7 Å². The van der Waals surface area contributed by atoms with Gasteiger partial charge >= 0.3 is 0 Å². The molecule has 36 heavy (non-hydrogen) atoms. The van der Waals surface area contributed by atoms with Gasteiger partial charge in [0.05, 0.1) is 26.0 Å². The van der Waals surface area contributed by atoms with Crippen molar-refractivity contribution in [3.8, 4) is 11.5 Å². The second-order valence-corrected chi connectivity index (χ2v) is 10.1. The predicted molar refractivity (Wildman–Crippen MR) is 148 cm³/mol. The molecule has 0 aromatic heterocycles. The summed E-state index contributed by atoms with van der Waals surface area (Å²) in [5, 5.41) is 0.376. The Bertz CT molecular complexity index is 995. The van der Waals surface area contributed by atoms with Crippen LogP contribution in [0.1, 0.15) is 38.1 Å². The Morgan fingerprint density at radius 2 is 1.92 bits per heavy atom. The SMILES string of the molecule is COCOCCN(CCCOc1ccc(OC)cc1C1Sc2cc(Cl)ccc2N1C(C)=O)C(C)C.Cl. The minimum atomic E-state index is -0.267. The van der Waals surface area contributed by atoms with Gasteiger partial charge in [0.1, 0.15) is 23.7 Å². The molecule has 3 rings (SSSR count). The van der Waals surface area contributed by atoms with Crippen molar-refractivity contribution in [1.29, 1.82) is 0 Å². The maximum absolute atomic E-state index is 12.7. The number of anilines is 1. The van der Waals surface area contributed by atoms with Crippen LogP contribution in [0, 0.1) is 0 Å². The zero-order chi connectivity index (χ0) is 25.4. The highest BCUT2D eigenvalue weighted by molar-refractivity contribution is 8.00. The summed E-state index contributed by atoms with van der Waals surface area (Å²) >= 11 is 7.81. The van der Waals surface area contributed by atoms with Crippen molar-refractivity contribution in [1.82, 2.24) is 4.90 Å². The van der Waals surface area contributed by atoms with Crippen LogP contribution in [0.5, 0.6) is 11.5 Å². The number of halogens is 2. The Hall–Kier alpha value is -1.68. The van der Waals surface area contributed by atoms with Gasteiger partial charge in [-0.05, 0) is 56.7 Å². The molecule has 10 heteroatoms. The van der Waals surface area contributed by atoms with E-state index in [9.17, 15) is 4.79 Å². The summed E-state index contributed by atoms with van der Waals surface area (Å²) in [6.45, 7) is 9.14. The highest BCUT2D eigenvalue weighted by Crippen LogP contribution is 2.54. The van der Waals surface area contributed by atoms with Gasteiger partial charge in [-0.1, -0.05) is 23.4 Å². The zero-order valence-corrected chi connectivity index (χ0v) is 23.9. The lowest BCUT2D eigenvalue weighted by Gasteiger charge is -2.27. The molecule has 1 unspecified atom stereocenters. The van der Waals surface area contributed by atoms with Gasteiger partial charge in [-0.25, -0.2) is 0 Å². The second-order valence-electron chi connectivity index (χ2n) is 8.52. The molecule has 0 saturated heterocycles. The van der Waals surface area contributed by atoms with Crippen molar-refractivity contribution < 1.29 is 23.7 Å². The first kappa shape index (κ1) is 30.5. The van der Waals surface area contributed by atoms with Gasteiger partial charge in [-0.3, -0.25) is 14.6 Å². The van der Waals surface area contributed by atoms with Crippen molar-refractivity contribution >= 4 is 47.4 Å². The Balaban J connectivity index is 0.00000456. The monoisotopic (exact) mass is 558 g/mol. The van der Waals surface area contributed by atoms with Crippen LogP contribution in [-0.4, -0.2) is 64.2 Å². The molecule has 0 bridgehead atoms. The molecule has 1 aliphatic rings. The van der Waals surface area contributed by atoms with Gasteiger partial charge in [0.15, 0.2) is 0 Å². The summed E-state index contributed by atoms with van der Waals surface area (Å²) in [4.78, 5) is 17.8. The number of methoxy groups -OCH3 is 2. The van der Waals surface area contributed by atoms with Crippen LogP contribution in [-0.2, 0) is 14.3 Å². The number of thioether (sulfide) groups is 1. The van der Waals surface area contributed by atoms with Gasteiger partial charge in [0.2, 0.25) is 5.91 Å². The number of hydrogen-bond acceptors (Lipinski definition) is 7. The number of nitrogens with zero attached hydrogens (tertiary/aromatic N) is 2. The Labute approximate surface area is 229 Å². The molecular formula is C26H36Cl2N2O5S. The molecule has 2 aromatic rings. The molecule has 0 aliphatic carbocycles. The van der Waals surface area contributed by atoms with E-state index in [4.69, 9.17) is 30.5 Å². The highest BCUT2D eigenvalue weighted by atomic mass is 35.5. The summed E-state index contributed by atoms with van der Waals surface area (Å²) in [5.74, 6) is 1.42. The Morgan fingerprint density at radius 3 is 2.58 bits per heavy atom. The van der Waals surface area contributed by atoms with E-state index in [1.807, 2.05) is 36.4 Å². The number of ether oxygens (including phenoxy) is 4. The summed E-state index contributed by atoms with van der Waals surface area (Å²) in [7, 11) is 3.26. The predicted octanol–water partition coefficient (Wildman–Crippen LogP) is 6.03. The Kier molecular flexibility index (Phi) is 12.6. The third-order valence-electron chi connectivity index (χ3n) is 5.78. The van der Waals surface area contributed by atoms with Crippen LogP contribution in [0.25, 0.3) is 0 Å². The standard InChI is InChI=1S/C26H35ClN2O5S.ClH/c1-18(2)28(12-14-33-17-31-4)11-6-13-34-24-10-8-21(32-5)16-22(24)26-29(19(3)30)23-9-7-20(27)15-25(23)35-26;/h7-10,15-16,18,26H,6,11-14,17H2,1-5H3;1H. The molecule has 0 spiro atoms. The topological polar surface area (TPSA) is 60.5 Å². The fourth-order valence-electron chi connectivity index (χ4n) is 4.00. The van der Waals surface area contributed by atoms with E-state index in [0.717, 1.165) is 41.4 Å². The number of rotatable bonds is 13. The van der Waals surface area contributed by atoms with Crippen LogP contribution in [0.4, 0.5) is 5.69 Å². The molecule has 200 valence electrons. The fourth-order valence-corrected chi connectivity index (χ4v) is 5.64. The van der Waals surface area contributed by atoms with Gasteiger partial charge in [0.25, 0.3) is 0 Å². The largest absolute Gasteiger partial charge is 0.497 e. The van der Waals surface area contributed by atoms with Crippen molar-refractivity contribution in [2.75, 3.05) is 52.2 Å². The van der Waals surface area contributed by atoms with Crippen LogP contribution in [0.2, 0.25) is 5.02 Å². The molecule has 0 fully saturated rings. The summed E-state index contributed by atoms with van der Waals surface area (Å²) in [5.41, 5.74) is 1.75. The smallest absolute Gasteiger partial charge is 0.225 e. The maximum atomic E-state index is 12.7. The molecular weight excluding hydrogens is 523 g/mol. The molecule has 2 aromatic carbocycles. The normalized spacial score (nSPS) is 14.7. The van der Waals surface area contributed by atoms with E-state index < -0.39 is 0 Å². The third kappa shape index (κ3) is 7.91. The van der Waals surface area contributed by atoms with E-state index in [-0.39, 0.29) is 23.7 Å². The third-order valence-corrected chi connectivity index (χ3v) is 7.28. The zero-order valence-electron chi connectivity index (χ0n) is 21.5. The number of benzene rings is 2. The van der Waals surface area contributed by atoms with Crippen molar-refractivity contribution in [3.63, 3.8) is 0 Å². The van der Waals surface area contributed by atoms with Crippen LogP contribution >= 0.6 is 35.8 Å². The van der Waals surface area contributed by atoms with Crippen molar-refractivity contribution in [3.05, 3.63) is 47.0 Å². The average Bonchev–Trinajstić information content (AvgIpc) is 3.21. The number of hydrogen-bond donors (Lipinski definition) is 0. The number of carbonyl (C=O) groups excluding carboxylic acids is 1. The summed E-state index contributed by atoms with van der Waals surface area (Å²) in [6, 6.07) is 11.8. The molecule has 1 atom stereocenters. The van der Waals surface area contributed by atoms with Crippen molar-refractivity contribution in [2.45, 2.75) is 43.5 Å². The molecule has 1 amide bonds. The highest BCUT2D eigenvalue weighted by Gasteiger charge is 2.36. The molecule has 0 saturated carbocycles. The number of amides is 1. The van der Waals surface area contributed by atoms with Crippen LogP contribution in [0.3, 0.4) is 0 Å². The quantitative estimate of drug-likeness (QED) is 0.220. The average molecular weight is 560 g/mol. The van der Waals surface area contributed by atoms with E-state index >= 15 is 0 Å². The molecule has 0 radical (unpaired) electrons. The lowest BCUT2D eigenvalue weighted by molar-refractivity contribution is -0.116. The number of carbonyl (C=O) groups is 1. The van der Waals surface area contributed by atoms with Crippen molar-refractivity contribution in [2.24, 2.45) is 0 Å². The van der Waals surface area contributed by atoms with Gasteiger partial charge in [-0.15, -0.1) is 12.4 Å². The molecule has 1 aliphatic heterocycles. The number of fused-ring (bicyclic) bond motifs is 1. The molecule has 0 N–H and O–H groups in total. The summed E-state index contributed by atoms with van der Waals surface area (Å²) < 4.78 is 22.1. The second kappa shape index (κ2) is 14.9. The fraction of sp³-hybridized carbons (Fsp3) is 0.500. The van der Waals surface area contributed by atoms with E-state index in [0.29, 0.717) is 36.8 Å². The Morgan fingerprint density at radius 1 is 1.14 bits per heavy atom. The van der Waals surface area contributed by atoms with E-state index in [1.54, 1.807) is 37.8 Å². The van der Waals surface area contributed by atoms with Crippen LogP contribution in [0.15, 0.2) is 41.3 Å². The lowest BCUT2D eigenvalue weighted by atomic mass is 10.1. The maximum Gasteiger partial charge on any atom is 0.225 e. The minimum absolute atomic E-state index is 0.